The number of allylic oxidation sites excluding steroid dienone is 2. The number of hydrogen-bond acceptors (Lipinski definition) is 3. The van der Waals surface area contributed by atoms with Gasteiger partial charge in [-0.1, -0.05) is 12.2 Å². The van der Waals surface area contributed by atoms with Gasteiger partial charge in [0.25, 0.3) is 0 Å². The first-order chi connectivity index (χ1) is 8.23. The van der Waals surface area contributed by atoms with Crippen molar-refractivity contribution >= 4 is 5.97 Å². The summed E-state index contributed by atoms with van der Waals surface area (Å²) >= 11 is 0. The summed E-state index contributed by atoms with van der Waals surface area (Å²) in [7, 11) is 0. The van der Waals surface area contributed by atoms with Crippen LogP contribution in [-0.2, 0) is 4.79 Å². The summed E-state index contributed by atoms with van der Waals surface area (Å²) in [5.74, 6) is -0.119. The van der Waals surface area contributed by atoms with Crippen LogP contribution in [0.1, 0.15) is 19.3 Å². The molecule has 1 heterocycles. The van der Waals surface area contributed by atoms with Gasteiger partial charge in [-0.25, -0.2) is 0 Å². The lowest BCUT2D eigenvalue weighted by molar-refractivity contribution is -0.151. The molecule has 90 valence electrons. The topological polar surface area (TPSA) is 59.4 Å². The third kappa shape index (κ3) is 2.64. The van der Waals surface area contributed by atoms with E-state index in [1.54, 1.807) is 24.5 Å². The number of hydrogen-bond donors (Lipinski definition) is 1. The van der Waals surface area contributed by atoms with Crippen molar-refractivity contribution in [3.05, 3.63) is 36.7 Å². The molecule has 0 aliphatic heterocycles. The highest BCUT2D eigenvalue weighted by atomic mass is 16.5. The van der Waals surface area contributed by atoms with Crippen LogP contribution < -0.4 is 4.74 Å². The maximum absolute atomic E-state index is 11.4. The Kier molecular flexibility index (Phi) is 3.42. The monoisotopic (exact) mass is 233 g/mol. The van der Waals surface area contributed by atoms with Gasteiger partial charge >= 0.3 is 5.97 Å². The van der Waals surface area contributed by atoms with Crippen LogP contribution >= 0.6 is 0 Å². The summed E-state index contributed by atoms with van der Waals surface area (Å²) in [5.41, 5.74) is -0.780. The molecule has 0 spiro atoms. The molecule has 4 nitrogen and oxygen atoms in total. The van der Waals surface area contributed by atoms with Crippen molar-refractivity contribution in [3.8, 4) is 5.75 Å². The van der Waals surface area contributed by atoms with Crippen LogP contribution in [-0.4, -0.2) is 22.7 Å². The van der Waals surface area contributed by atoms with Crippen molar-refractivity contribution in [2.75, 3.05) is 6.61 Å². The quantitative estimate of drug-likeness (QED) is 0.810. The van der Waals surface area contributed by atoms with Crippen molar-refractivity contribution in [2.45, 2.75) is 19.3 Å². The first-order valence-electron chi connectivity index (χ1n) is 5.64. The predicted molar refractivity (Wildman–Crippen MR) is 62.8 cm³/mol. The van der Waals surface area contributed by atoms with Gasteiger partial charge in [-0.3, -0.25) is 9.78 Å². The van der Waals surface area contributed by atoms with E-state index in [4.69, 9.17) is 4.74 Å². The Morgan fingerprint density at radius 3 is 2.76 bits per heavy atom. The molecule has 1 aromatic rings. The molecule has 1 unspecified atom stereocenters. The van der Waals surface area contributed by atoms with Crippen molar-refractivity contribution in [2.24, 2.45) is 5.41 Å². The number of ether oxygens (including phenoxy) is 1. The number of aromatic nitrogens is 1. The number of pyridine rings is 1. The van der Waals surface area contributed by atoms with E-state index in [0.29, 0.717) is 18.6 Å². The predicted octanol–water partition coefficient (Wildman–Crippen LogP) is 2.27. The van der Waals surface area contributed by atoms with E-state index in [-0.39, 0.29) is 6.61 Å². The Bertz CT molecular complexity index is 416. The second-order valence-electron chi connectivity index (χ2n) is 4.27. The molecule has 0 saturated carbocycles. The van der Waals surface area contributed by atoms with E-state index < -0.39 is 11.4 Å². The van der Waals surface area contributed by atoms with E-state index in [0.717, 1.165) is 6.42 Å². The Morgan fingerprint density at radius 2 is 2.18 bits per heavy atom. The van der Waals surface area contributed by atoms with Gasteiger partial charge in [0.2, 0.25) is 0 Å². The maximum Gasteiger partial charge on any atom is 0.313 e. The smallest absolute Gasteiger partial charge is 0.313 e. The molecule has 4 heteroatoms. The lowest BCUT2D eigenvalue weighted by Gasteiger charge is -2.30. The molecule has 0 bridgehead atoms. The summed E-state index contributed by atoms with van der Waals surface area (Å²) < 4.78 is 5.56. The van der Waals surface area contributed by atoms with Crippen LogP contribution in [0.3, 0.4) is 0 Å². The van der Waals surface area contributed by atoms with Crippen LogP contribution in [0.2, 0.25) is 0 Å². The van der Waals surface area contributed by atoms with Gasteiger partial charge in [-0.15, -0.1) is 0 Å². The standard InChI is InChI=1S/C13H15NO3/c15-12(16)13(6-2-1-3-7-13)10-17-11-4-8-14-9-5-11/h1-2,4-5,8-9H,3,6-7,10H2,(H,15,16). The first-order valence-corrected chi connectivity index (χ1v) is 5.64. The number of nitrogens with zero attached hydrogens (tertiary/aromatic N) is 1. The fourth-order valence-corrected chi connectivity index (χ4v) is 1.93. The van der Waals surface area contributed by atoms with Gasteiger partial charge in [0.1, 0.15) is 17.8 Å². The average Bonchev–Trinajstić information content (AvgIpc) is 2.38. The zero-order valence-electron chi connectivity index (χ0n) is 9.50. The largest absolute Gasteiger partial charge is 0.492 e. The molecule has 1 atom stereocenters. The van der Waals surface area contributed by atoms with Crippen LogP contribution in [0.15, 0.2) is 36.7 Å². The van der Waals surface area contributed by atoms with E-state index in [2.05, 4.69) is 4.98 Å². The van der Waals surface area contributed by atoms with Crippen molar-refractivity contribution < 1.29 is 14.6 Å². The molecular weight excluding hydrogens is 218 g/mol. The molecule has 1 N–H and O–H groups in total. The molecule has 1 aliphatic rings. The lowest BCUT2D eigenvalue weighted by Crippen LogP contribution is -2.37. The minimum absolute atomic E-state index is 0.205. The Morgan fingerprint density at radius 1 is 1.41 bits per heavy atom. The van der Waals surface area contributed by atoms with Gasteiger partial charge in [-0.05, 0) is 31.4 Å². The van der Waals surface area contributed by atoms with Crippen LogP contribution in [0.5, 0.6) is 5.75 Å². The Hall–Kier alpha value is -1.84. The zero-order valence-corrected chi connectivity index (χ0v) is 9.50. The molecule has 2 rings (SSSR count). The molecular formula is C13H15NO3. The lowest BCUT2D eigenvalue weighted by atomic mass is 9.78. The van der Waals surface area contributed by atoms with E-state index in [1.807, 2.05) is 12.2 Å². The summed E-state index contributed by atoms with van der Waals surface area (Å²) in [6, 6.07) is 3.46. The molecule has 1 aliphatic carbocycles. The van der Waals surface area contributed by atoms with Gasteiger partial charge in [0.15, 0.2) is 0 Å². The summed E-state index contributed by atoms with van der Waals surface area (Å²) in [6.45, 7) is 0.205. The number of aliphatic carboxylic acids is 1. The Labute approximate surface area is 99.9 Å². The molecule has 0 fully saturated rings. The number of rotatable bonds is 4. The minimum Gasteiger partial charge on any atom is -0.492 e. The van der Waals surface area contributed by atoms with Crippen LogP contribution in [0, 0.1) is 5.41 Å². The average molecular weight is 233 g/mol. The number of carboxylic acids is 1. The van der Waals surface area contributed by atoms with E-state index >= 15 is 0 Å². The fraction of sp³-hybridized carbons (Fsp3) is 0.385. The van der Waals surface area contributed by atoms with E-state index in [9.17, 15) is 9.90 Å². The van der Waals surface area contributed by atoms with Gasteiger partial charge in [0.05, 0.1) is 0 Å². The normalized spacial score (nSPS) is 23.3. The fourth-order valence-electron chi connectivity index (χ4n) is 1.93. The van der Waals surface area contributed by atoms with Gasteiger partial charge in [0, 0.05) is 12.4 Å². The highest BCUT2D eigenvalue weighted by Gasteiger charge is 2.39. The van der Waals surface area contributed by atoms with E-state index in [1.165, 1.54) is 0 Å². The second kappa shape index (κ2) is 4.99. The minimum atomic E-state index is -0.782. The van der Waals surface area contributed by atoms with Crippen LogP contribution in [0.4, 0.5) is 0 Å². The van der Waals surface area contributed by atoms with Gasteiger partial charge < -0.3 is 9.84 Å². The number of carbonyl (C=O) groups is 1. The molecule has 1 aromatic heterocycles. The first kappa shape index (κ1) is 11.6. The molecule has 0 radical (unpaired) electrons. The van der Waals surface area contributed by atoms with Crippen molar-refractivity contribution in [1.82, 2.24) is 4.98 Å². The molecule has 0 saturated heterocycles. The highest BCUT2D eigenvalue weighted by molar-refractivity contribution is 5.75. The third-order valence-electron chi connectivity index (χ3n) is 3.08. The molecule has 0 aromatic carbocycles. The maximum atomic E-state index is 11.4. The van der Waals surface area contributed by atoms with Crippen molar-refractivity contribution in [3.63, 3.8) is 0 Å². The summed E-state index contributed by atoms with van der Waals surface area (Å²) in [4.78, 5) is 15.3. The van der Waals surface area contributed by atoms with Crippen molar-refractivity contribution in [1.29, 1.82) is 0 Å². The third-order valence-corrected chi connectivity index (χ3v) is 3.08. The van der Waals surface area contributed by atoms with Gasteiger partial charge in [-0.2, -0.15) is 0 Å². The highest BCUT2D eigenvalue weighted by Crippen LogP contribution is 2.33. The zero-order chi connectivity index (χ0) is 12.1. The summed E-state index contributed by atoms with van der Waals surface area (Å²) in [6.07, 6.45) is 9.16. The SMILES string of the molecule is O=C(O)C1(COc2ccncc2)CC=CCC1. The second-order valence-corrected chi connectivity index (χ2v) is 4.27. The van der Waals surface area contributed by atoms with Crippen LogP contribution in [0.25, 0.3) is 0 Å². The Balaban J connectivity index is 2.04. The number of carboxylic acid groups (broad SMARTS) is 1. The summed E-state index contributed by atoms with van der Waals surface area (Å²) in [5, 5.41) is 9.34. The molecule has 0 amide bonds. The molecule has 17 heavy (non-hydrogen) atoms.